The Morgan fingerprint density at radius 3 is 2.83 bits per heavy atom. The fourth-order valence-electron chi connectivity index (χ4n) is 2.06. The zero-order valence-corrected chi connectivity index (χ0v) is 15.4. The first-order valence-corrected chi connectivity index (χ1v) is 9.66. The normalized spacial score (nSPS) is 17.8. The van der Waals surface area contributed by atoms with Crippen LogP contribution < -0.4 is 5.11 Å². The highest BCUT2D eigenvalue weighted by Gasteiger charge is 2.37. The van der Waals surface area contributed by atoms with Gasteiger partial charge in [-0.25, -0.2) is 0 Å². The minimum absolute atomic E-state index is 0.226. The van der Waals surface area contributed by atoms with Gasteiger partial charge in [0.05, 0.1) is 16.9 Å². The van der Waals surface area contributed by atoms with Gasteiger partial charge >= 0.3 is 0 Å². The molecule has 2 rings (SSSR count). The molecule has 0 radical (unpaired) electrons. The molecule has 1 aliphatic heterocycles. The average molecular weight is 387 g/mol. The summed E-state index contributed by atoms with van der Waals surface area (Å²) in [7, 11) is 0. The van der Waals surface area contributed by atoms with E-state index in [2.05, 4.69) is 0 Å². The number of carboxylic acids is 1. The van der Waals surface area contributed by atoms with Crippen molar-refractivity contribution in [3.8, 4) is 0 Å². The van der Waals surface area contributed by atoms with Crippen LogP contribution in [0.3, 0.4) is 0 Å². The summed E-state index contributed by atoms with van der Waals surface area (Å²) >= 11 is 13.9. The summed E-state index contributed by atoms with van der Waals surface area (Å²) in [5, 5.41) is 11.9. The van der Waals surface area contributed by atoms with Gasteiger partial charge in [0.25, 0.3) is 5.91 Å². The SMILES string of the molecule is CSCC[C@H](C(=O)[O-])N1C(=O)/C(=C/c2ccccc2Cl)SC1=S. The number of halogens is 1. The number of hydrogen-bond acceptors (Lipinski definition) is 6. The van der Waals surface area contributed by atoms with Gasteiger partial charge in [0.15, 0.2) is 0 Å². The Morgan fingerprint density at radius 2 is 2.22 bits per heavy atom. The Kier molecular flexibility index (Phi) is 6.52. The Bertz CT molecular complexity index is 678. The predicted octanol–water partition coefficient (Wildman–Crippen LogP) is 2.41. The number of nitrogens with zero attached hydrogens (tertiary/aromatic N) is 1. The molecule has 0 saturated carbocycles. The molecule has 0 spiro atoms. The fraction of sp³-hybridized carbons (Fsp3) is 0.267. The number of aliphatic carboxylic acids is 1. The molecule has 23 heavy (non-hydrogen) atoms. The molecule has 0 unspecified atom stereocenters. The van der Waals surface area contributed by atoms with Crippen LogP contribution in [0.25, 0.3) is 6.08 Å². The van der Waals surface area contributed by atoms with Crippen LogP contribution >= 0.6 is 47.3 Å². The van der Waals surface area contributed by atoms with Crippen molar-refractivity contribution in [2.24, 2.45) is 0 Å². The molecule has 1 saturated heterocycles. The average Bonchev–Trinajstić information content (AvgIpc) is 2.77. The van der Waals surface area contributed by atoms with Crippen LogP contribution in [0.2, 0.25) is 5.02 Å². The van der Waals surface area contributed by atoms with E-state index in [4.69, 9.17) is 23.8 Å². The van der Waals surface area contributed by atoms with Crippen molar-refractivity contribution in [3.05, 3.63) is 39.8 Å². The van der Waals surface area contributed by atoms with Crippen molar-refractivity contribution in [1.29, 1.82) is 0 Å². The van der Waals surface area contributed by atoms with Crippen LogP contribution in [0, 0.1) is 0 Å². The van der Waals surface area contributed by atoms with Crippen molar-refractivity contribution in [2.45, 2.75) is 12.5 Å². The Balaban J connectivity index is 2.29. The largest absolute Gasteiger partial charge is 0.548 e. The molecule has 1 aromatic carbocycles. The quantitative estimate of drug-likeness (QED) is 0.552. The summed E-state index contributed by atoms with van der Waals surface area (Å²) in [4.78, 5) is 25.4. The number of carboxylic acid groups (broad SMARTS) is 1. The Hall–Kier alpha value is -1.02. The van der Waals surface area contributed by atoms with Crippen molar-refractivity contribution >= 4 is 69.6 Å². The molecular weight excluding hydrogens is 374 g/mol. The second kappa shape index (κ2) is 8.19. The molecular formula is C15H13ClNO3S3-. The van der Waals surface area contributed by atoms with Crippen LogP contribution in [0.4, 0.5) is 0 Å². The van der Waals surface area contributed by atoms with E-state index in [9.17, 15) is 14.7 Å². The van der Waals surface area contributed by atoms with Gasteiger partial charge in [-0.1, -0.05) is 53.8 Å². The third kappa shape index (κ3) is 4.29. The maximum Gasteiger partial charge on any atom is 0.266 e. The summed E-state index contributed by atoms with van der Waals surface area (Å²) in [6.45, 7) is 0. The monoisotopic (exact) mass is 386 g/mol. The van der Waals surface area contributed by atoms with Crippen LogP contribution in [0.15, 0.2) is 29.2 Å². The van der Waals surface area contributed by atoms with E-state index in [1.54, 1.807) is 30.3 Å². The van der Waals surface area contributed by atoms with Gasteiger partial charge in [0.2, 0.25) is 0 Å². The number of rotatable bonds is 6. The van der Waals surface area contributed by atoms with E-state index >= 15 is 0 Å². The van der Waals surface area contributed by atoms with E-state index in [1.807, 2.05) is 6.26 Å². The van der Waals surface area contributed by atoms with Crippen LogP contribution in [-0.4, -0.2) is 39.1 Å². The topological polar surface area (TPSA) is 60.4 Å². The molecule has 0 aliphatic carbocycles. The molecule has 0 aromatic heterocycles. The Labute approximate surface area is 153 Å². The lowest BCUT2D eigenvalue weighted by molar-refractivity contribution is -0.310. The van der Waals surface area contributed by atoms with Gasteiger partial charge in [-0.05, 0) is 36.1 Å². The summed E-state index contributed by atoms with van der Waals surface area (Å²) < 4.78 is 0.226. The lowest BCUT2D eigenvalue weighted by Gasteiger charge is -2.27. The van der Waals surface area contributed by atoms with Gasteiger partial charge in [0, 0.05) is 5.02 Å². The first-order valence-electron chi connectivity index (χ1n) is 6.67. The number of thioether (sulfide) groups is 2. The van der Waals surface area contributed by atoms with Crippen molar-refractivity contribution in [3.63, 3.8) is 0 Å². The number of hydrogen-bond donors (Lipinski definition) is 0. The molecule has 1 heterocycles. The highest BCUT2D eigenvalue weighted by Crippen LogP contribution is 2.35. The number of amides is 1. The van der Waals surface area contributed by atoms with Crippen molar-refractivity contribution in [2.75, 3.05) is 12.0 Å². The second-order valence-electron chi connectivity index (χ2n) is 4.69. The van der Waals surface area contributed by atoms with Gasteiger partial charge in [-0.3, -0.25) is 9.69 Å². The standard InChI is InChI=1S/C15H14ClNO3S3/c1-22-7-6-11(14(19)20)17-13(18)12(23-15(17)21)8-9-4-2-3-5-10(9)16/h2-5,8,11H,6-7H2,1H3,(H,19,20)/p-1/b12-8-/t11-/m1/s1. The number of carbonyl (C=O) groups excluding carboxylic acids is 2. The maximum absolute atomic E-state index is 12.5. The minimum atomic E-state index is -1.30. The fourth-order valence-corrected chi connectivity index (χ4v) is 4.06. The third-order valence-electron chi connectivity index (χ3n) is 3.19. The smallest absolute Gasteiger partial charge is 0.266 e. The predicted molar refractivity (Wildman–Crippen MR) is 98.3 cm³/mol. The molecule has 1 aliphatic rings. The third-order valence-corrected chi connectivity index (χ3v) is 5.51. The molecule has 4 nitrogen and oxygen atoms in total. The summed E-state index contributed by atoms with van der Waals surface area (Å²) in [5.74, 6) is -1.12. The van der Waals surface area contributed by atoms with Gasteiger partial charge in [-0.2, -0.15) is 11.8 Å². The lowest BCUT2D eigenvalue weighted by atomic mass is 10.1. The van der Waals surface area contributed by atoms with Crippen molar-refractivity contribution in [1.82, 2.24) is 4.90 Å². The van der Waals surface area contributed by atoms with E-state index < -0.39 is 17.9 Å². The second-order valence-corrected chi connectivity index (χ2v) is 7.76. The highest BCUT2D eigenvalue weighted by atomic mass is 35.5. The van der Waals surface area contributed by atoms with Crippen molar-refractivity contribution < 1.29 is 14.7 Å². The molecule has 0 bridgehead atoms. The molecule has 0 N–H and O–H groups in total. The van der Waals surface area contributed by atoms with E-state index in [0.29, 0.717) is 21.2 Å². The zero-order chi connectivity index (χ0) is 17.0. The van der Waals surface area contributed by atoms with E-state index in [-0.39, 0.29) is 10.7 Å². The highest BCUT2D eigenvalue weighted by molar-refractivity contribution is 8.26. The molecule has 122 valence electrons. The Morgan fingerprint density at radius 1 is 1.52 bits per heavy atom. The van der Waals surface area contributed by atoms with Gasteiger partial charge in [0.1, 0.15) is 4.32 Å². The molecule has 8 heteroatoms. The summed E-state index contributed by atoms with van der Waals surface area (Å²) in [6, 6.07) is 6.04. The van der Waals surface area contributed by atoms with E-state index in [0.717, 1.165) is 16.7 Å². The molecule has 1 amide bonds. The van der Waals surface area contributed by atoms with Crippen LogP contribution in [-0.2, 0) is 9.59 Å². The molecule has 1 fully saturated rings. The first kappa shape index (κ1) is 18.3. The zero-order valence-electron chi connectivity index (χ0n) is 12.2. The van der Waals surface area contributed by atoms with E-state index in [1.165, 1.54) is 11.8 Å². The van der Waals surface area contributed by atoms with Gasteiger partial charge in [-0.15, -0.1) is 0 Å². The number of benzene rings is 1. The number of thiocarbonyl (C=S) groups is 1. The van der Waals surface area contributed by atoms with Crippen LogP contribution in [0.1, 0.15) is 12.0 Å². The summed E-state index contributed by atoms with van der Waals surface area (Å²) in [5.41, 5.74) is 0.684. The first-order chi connectivity index (χ1) is 11.0. The molecule has 1 atom stereocenters. The minimum Gasteiger partial charge on any atom is -0.548 e. The maximum atomic E-state index is 12.5. The lowest BCUT2D eigenvalue weighted by Crippen LogP contribution is -2.50. The van der Waals surface area contributed by atoms with Gasteiger partial charge < -0.3 is 9.90 Å². The molecule has 1 aromatic rings. The number of carbonyl (C=O) groups is 2. The summed E-state index contributed by atoms with van der Waals surface area (Å²) in [6.07, 6.45) is 3.78. The van der Waals surface area contributed by atoms with Crippen LogP contribution in [0.5, 0.6) is 0 Å².